The van der Waals surface area contributed by atoms with Gasteiger partial charge in [0, 0.05) is 31.9 Å². The summed E-state index contributed by atoms with van der Waals surface area (Å²) < 4.78 is 6.99. The van der Waals surface area contributed by atoms with Crippen molar-refractivity contribution in [3.8, 4) is 0 Å². The molecule has 1 aliphatic carbocycles. The molecule has 2 atom stereocenters. The molecule has 1 aromatic heterocycles. The standard InChI is InChI=1S/C25H28N4O3/c1-32-15-23(30)27-19-12-21(25(31)29-14-18-7-8-20(29)11-18)24-22(13-19)26-16-28(24)10-9-17-5-3-2-4-6-17/h2-6,12-13,16,18,20H,7-11,14-15H2,1H3,(H,27,30)/t18-,20-/m1/s1. The molecule has 32 heavy (non-hydrogen) atoms. The lowest BCUT2D eigenvalue weighted by Crippen LogP contribution is -2.38. The Morgan fingerprint density at radius 1 is 1.19 bits per heavy atom. The average molecular weight is 433 g/mol. The molecule has 166 valence electrons. The van der Waals surface area contributed by atoms with Crippen LogP contribution in [0.5, 0.6) is 0 Å². The molecule has 0 unspecified atom stereocenters. The van der Waals surface area contributed by atoms with E-state index in [1.807, 2.05) is 29.2 Å². The number of methoxy groups -OCH3 is 1. The van der Waals surface area contributed by atoms with Crippen LogP contribution in [0.4, 0.5) is 5.69 Å². The van der Waals surface area contributed by atoms with Crippen LogP contribution in [0.15, 0.2) is 48.8 Å². The summed E-state index contributed by atoms with van der Waals surface area (Å²) in [4.78, 5) is 32.4. The van der Waals surface area contributed by atoms with Crippen LogP contribution >= 0.6 is 0 Å². The van der Waals surface area contributed by atoms with Crippen molar-refractivity contribution in [3.63, 3.8) is 0 Å². The number of ether oxygens (including phenoxy) is 1. The van der Waals surface area contributed by atoms with Crippen molar-refractivity contribution < 1.29 is 14.3 Å². The van der Waals surface area contributed by atoms with Gasteiger partial charge in [-0.25, -0.2) is 4.98 Å². The summed E-state index contributed by atoms with van der Waals surface area (Å²) in [7, 11) is 1.48. The fraction of sp³-hybridized carbons (Fsp3) is 0.400. The highest BCUT2D eigenvalue weighted by molar-refractivity contribution is 6.08. The monoisotopic (exact) mass is 432 g/mol. The quantitative estimate of drug-likeness (QED) is 0.620. The van der Waals surface area contributed by atoms with E-state index in [1.54, 1.807) is 12.4 Å². The van der Waals surface area contributed by atoms with Crippen LogP contribution in [0.1, 0.15) is 35.2 Å². The number of fused-ring (bicyclic) bond motifs is 3. The van der Waals surface area contributed by atoms with Crippen molar-refractivity contribution in [2.45, 2.75) is 38.3 Å². The van der Waals surface area contributed by atoms with Gasteiger partial charge < -0.3 is 19.5 Å². The maximum Gasteiger partial charge on any atom is 0.256 e. The number of hydrogen-bond donors (Lipinski definition) is 1. The summed E-state index contributed by atoms with van der Waals surface area (Å²) in [6.45, 7) is 1.51. The molecule has 1 saturated heterocycles. The number of likely N-dealkylation sites (tertiary alicyclic amines) is 1. The highest BCUT2D eigenvalue weighted by Gasteiger charge is 2.41. The summed E-state index contributed by atoms with van der Waals surface area (Å²) in [5.74, 6) is 0.396. The first-order valence-corrected chi connectivity index (χ1v) is 11.2. The third kappa shape index (κ3) is 4.00. The number of carbonyl (C=O) groups is 2. The Balaban J connectivity index is 1.50. The second-order valence-electron chi connectivity index (χ2n) is 8.84. The minimum absolute atomic E-state index is 0.0338. The molecule has 7 heteroatoms. The molecular formula is C25H28N4O3. The Morgan fingerprint density at radius 2 is 2.03 bits per heavy atom. The maximum atomic E-state index is 13.7. The molecular weight excluding hydrogens is 404 g/mol. The highest BCUT2D eigenvalue weighted by atomic mass is 16.5. The molecule has 2 aromatic carbocycles. The Labute approximate surface area is 187 Å². The minimum Gasteiger partial charge on any atom is -0.375 e. The maximum absolute atomic E-state index is 13.7. The molecule has 1 aliphatic heterocycles. The van der Waals surface area contributed by atoms with Crippen molar-refractivity contribution >= 4 is 28.5 Å². The van der Waals surface area contributed by atoms with E-state index in [2.05, 4.69) is 27.0 Å². The van der Waals surface area contributed by atoms with Crippen molar-refractivity contribution in [2.75, 3.05) is 25.6 Å². The lowest BCUT2D eigenvalue weighted by atomic mass is 10.1. The molecule has 1 saturated carbocycles. The van der Waals surface area contributed by atoms with Crippen LogP contribution in [0.2, 0.25) is 0 Å². The Morgan fingerprint density at radius 3 is 2.75 bits per heavy atom. The second-order valence-corrected chi connectivity index (χ2v) is 8.84. The van der Waals surface area contributed by atoms with E-state index >= 15 is 0 Å². The van der Waals surface area contributed by atoms with Crippen LogP contribution in [0, 0.1) is 5.92 Å². The first-order valence-electron chi connectivity index (χ1n) is 11.2. The second kappa shape index (κ2) is 8.74. The number of imidazole rings is 1. The van der Waals surface area contributed by atoms with Crippen molar-refractivity contribution in [1.82, 2.24) is 14.5 Å². The largest absolute Gasteiger partial charge is 0.375 e. The summed E-state index contributed by atoms with van der Waals surface area (Å²) in [5, 5.41) is 2.84. The zero-order valence-electron chi connectivity index (χ0n) is 18.3. The van der Waals surface area contributed by atoms with E-state index in [0.717, 1.165) is 37.9 Å². The lowest BCUT2D eigenvalue weighted by Gasteiger charge is -2.27. The zero-order valence-corrected chi connectivity index (χ0v) is 18.3. The molecule has 2 fully saturated rings. The van der Waals surface area contributed by atoms with E-state index in [1.165, 1.54) is 19.1 Å². The normalized spacial score (nSPS) is 19.6. The number of hydrogen-bond acceptors (Lipinski definition) is 4. The van der Waals surface area contributed by atoms with Gasteiger partial charge >= 0.3 is 0 Å². The van der Waals surface area contributed by atoms with Gasteiger partial charge in [-0.15, -0.1) is 0 Å². The molecule has 2 heterocycles. The summed E-state index contributed by atoms with van der Waals surface area (Å²) >= 11 is 0. The van der Waals surface area contributed by atoms with E-state index in [-0.39, 0.29) is 18.4 Å². The number of amides is 2. The van der Waals surface area contributed by atoms with Gasteiger partial charge in [0.1, 0.15) is 6.61 Å². The highest BCUT2D eigenvalue weighted by Crippen LogP contribution is 2.39. The molecule has 1 N–H and O–H groups in total. The lowest BCUT2D eigenvalue weighted by molar-refractivity contribution is -0.119. The van der Waals surface area contributed by atoms with Gasteiger partial charge in [-0.3, -0.25) is 9.59 Å². The number of piperidine rings is 1. The number of aryl methyl sites for hydroxylation is 2. The number of anilines is 1. The first kappa shape index (κ1) is 20.7. The summed E-state index contributed by atoms with van der Waals surface area (Å²) in [6, 6.07) is 14.2. The number of nitrogens with zero attached hydrogens (tertiary/aromatic N) is 3. The average Bonchev–Trinajstić information content (AvgIpc) is 3.53. The summed E-state index contributed by atoms with van der Waals surface area (Å²) in [6.07, 6.45) is 6.04. The van der Waals surface area contributed by atoms with E-state index in [9.17, 15) is 9.59 Å². The Kier molecular flexibility index (Phi) is 5.66. The third-order valence-electron chi connectivity index (χ3n) is 6.66. The van der Waals surface area contributed by atoms with Gasteiger partial charge in [0.2, 0.25) is 5.91 Å². The van der Waals surface area contributed by atoms with Gasteiger partial charge in [0.25, 0.3) is 5.91 Å². The molecule has 0 spiro atoms. The molecule has 2 amide bonds. The van der Waals surface area contributed by atoms with Crippen molar-refractivity contribution in [2.24, 2.45) is 5.92 Å². The number of aromatic nitrogens is 2. The minimum atomic E-state index is -0.256. The van der Waals surface area contributed by atoms with Crippen molar-refractivity contribution in [3.05, 3.63) is 59.9 Å². The molecule has 2 bridgehead atoms. The van der Waals surface area contributed by atoms with E-state index in [4.69, 9.17) is 4.74 Å². The summed E-state index contributed by atoms with van der Waals surface area (Å²) in [5.41, 5.74) is 3.95. The van der Waals surface area contributed by atoms with E-state index in [0.29, 0.717) is 28.7 Å². The van der Waals surface area contributed by atoms with Crippen LogP contribution in [-0.2, 0) is 22.5 Å². The predicted molar refractivity (Wildman–Crippen MR) is 123 cm³/mol. The van der Waals surface area contributed by atoms with Gasteiger partial charge in [-0.2, -0.15) is 0 Å². The topological polar surface area (TPSA) is 76.5 Å². The molecule has 0 radical (unpaired) electrons. The van der Waals surface area contributed by atoms with Crippen LogP contribution < -0.4 is 5.32 Å². The number of benzene rings is 2. The predicted octanol–water partition coefficient (Wildman–Crippen LogP) is 3.49. The molecule has 7 nitrogen and oxygen atoms in total. The molecule has 2 aliphatic rings. The van der Waals surface area contributed by atoms with Crippen LogP contribution in [-0.4, -0.2) is 52.6 Å². The fourth-order valence-corrected chi connectivity index (χ4v) is 5.16. The van der Waals surface area contributed by atoms with Gasteiger partial charge in [0.15, 0.2) is 0 Å². The van der Waals surface area contributed by atoms with Crippen LogP contribution in [0.25, 0.3) is 11.0 Å². The molecule has 3 aromatic rings. The smallest absolute Gasteiger partial charge is 0.256 e. The first-order chi connectivity index (χ1) is 15.6. The Bertz CT molecular complexity index is 1140. The Hall–Kier alpha value is -3.19. The van der Waals surface area contributed by atoms with Crippen LogP contribution in [0.3, 0.4) is 0 Å². The SMILES string of the molecule is COCC(=O)Nc1cc(C(=O)N2C[C@@H]3CC[C@@H]2C3)c2c(c1)ncn2CCc1ccccc1. The van der Waals surface area contributed by atoms with Gasteiger partial charge in [0.05, 0.1) is 22.9 Å². The zero-order chi connectivity index (χ0) is 22.1. The number of carbonyl (C=O) groups excluding carboxylic acids is 2. The fourth-order valence-electron chi connectivity index (χ4n) is 5.16. The molecule has 5 rings (SSSR count). The number of nitrogens with one attached hydrogen (secondary N) is 1. The van der Waals surface area contributed by atoms with E-state index < -0.39 is 0 Å². The van der Waals surface area contributed by atoms with Gasteiger partial charge in [-0.05, 0) is 49.3 Å². The van der Waals surface area contributed by atoms with Gasteiger partial charge in [-0.1, -0.05) is 30.3 Å². The van der Waals surface area contributed by atoms with Crippen molar-refractivity contribution in [1.29, 1.82) is 0 Å². The third-order valence-corrected chi connectivity index (χ3v) is 6.66. The number of rotatable bonds is 7.